The third-order valence-corrected chi connectivity index (χ3v) is 4.03. The van der Waals surface area contributed by atoms with Crippen molar-refractivity contribution in [1.82, 2.24) is 9.97 Å². The van der Waals surface area contributed by atoms with Crippen LogP contribution in [0.1, 0.15) is 11.1 Å². The van der Waals surface area contributed by atoms with E-state index >= 15 is 0 Å². The Morgan fingerprint density at radius 2 is 1.70 bits per heavy atom. The molecule has 0 aliphatic rings. The van der Waals surface area contributed by atoms with Crippen molar-refractivity contribution in [1.29, 1.82) is 0 Å². The Hall–Kier alpha value is -3.20. The first kappa shape index (κ1) is 18.6. The summed E-state index contributed by atoms with van der Waals surface area (Å²) < 4.78 is 38.3. The van der Waals surface area contributed by atoms with Crippen LogP contribution in [0.4, 0.5) is 24.7 Å². The average molecular weight is 390 g/mol. The van der Waals surface area contributed by atoms with Gasteiger partial charge in [0.1, 0.15) is 10.8 Å². The molecule has 0 amide bonds. The van der Waals surface area contributed by atoms with Crippen LogP contribution in [0.15, 0.2) is 59.4 Å². The van der Waals surface area contributed by atoms with Crippen LogP contribution in [-0.2, 0) is 6.18 Å². The summed E-state index contributed by atoms with van der Waals surface area (Å²) in [4.78, 5) is 18.1. The predicted octanol–water partition coefficient (Wildman–Crippen LogP) is 3.83. The van der Waals surface area contributed by atoms with Gasteiger partial charge in [-0.1, -0.05) is 42.5 Å². The molecule has 0 saturated carbocycles. The maximum absolute atomic E-state index is 12.8. The highest BCUT2D eigenvalue weighted by Gasteiger charge is 2.30. The van der Waals surface area contributed by atoms with Gasteiger partial charge >= 0.3 is 11.9 Å². The summed E-state index contributed by atoms with van der Waals surface area (Å²) in [5.74, 6) is -0.123. The highest BCUT2D eigenvalue weighted by molar-refractivity contribution is 7.81. The summed E-state index contributed by atoms with van der Waals surface area (Å²) in [6, 6.07) is 13.3. The number of anilines is 2. The standard InChI is InChI=1S/C18H13F3N4OS/c19-18(20,21)11-8-6-10(7-9-11)14-13(15(22)25-17(26)24-14)16(27)23-12-4-2-1-3-5-12/h1-9H,(H,23,27)(H3,22,24,25,26). The fraction of sp³-hybridized carbons (Fsp3) is 0.0556. The van der Waals surface area contributed by atoms with Gasteiger partial charge in [-0.15, -0.1) is 0 Å². The van der Waals surface area contributed by atoms with Gasteiger partial charge in [0.25, 0.3) is 0 Å². The topological polar surface area (TPSA) is 83.8 Å². The number of halogens is 3. The molecule has 4 N–H and O–H groups in total. The Balaban J connectivity index is 2.05. The SMILES string of the molecule is Nc1nc(=O)[nH]c(-c2ccc(C(F)(F)F)cc2)c1C(=S)Nc1ccccc1. The third kappa shape index (κ3) is 4.14. The van der Waals surface area contributed by atoms with E-state index in [0.717, 1.165) is 12.1 Å². The number of nitrogens with one attached hydrogen (secondary N) is 2. The molecule has 0 saturated heterocycles. The number of alkyl halides is 3. The molecule has 1 aromatic heterocycles. The number of benzene rings is 2. The minimum Gasteiger partial charge on any atom is -0.383 e. The van der Waals surface area contributed by atoms with Crippen molar-refractivity contribution in [3.8, 4) is 11.3 Å². The fourth-order valence-corrected chi connectivity index (χ4v) is 2.80. The van der Waals surface area contributed by atoms with Gasteiger partial charge in [-0.2, -0.15) is 18.2 Å². The molecule has 5 nitrogen and oxygen atoms in total. The molecule has 0 atom stereocenters. The smallest absolute Gasteiger partial charge is 0.383 e. The fourth-order valence-electron chi connectivity index (χ4n) is 2.48. The second-order valence-electron chi connectivity index (χ2n) is 5.57. The molecule has 0 fully saturated rings. The number of nitrogen functional groups attached to an aromatic ring is 1. The van der Waals surface area contributed by atoms with Gasteiger partial charge in [0, 0.05) is 5.69 Å². The first-order valence-corrected chi connectivity index (χ1v) is 8.10. The lowest BCUT2D eigenvalue weighted by molar-refractivity contribution is -0.137. The van der Waals surface area contributed by atoms with E-state index in [0.29, 0.717) is 11.3 Å². The van der Waals surface area contributed by atoms with Gasteiger partial charge in [0.2, 0.25) is 0 Å². The molecule has 2 aromatic carbocycles. The molecule has 0 unspecified atom stereocenters. The van der Waals surface area contributed by atoms with Gasteiger partial charge in [0.05, 0.1) is 16.8 Å². The largest absolute Gasteiger partial charge is 0.416 e. The minimum atomic E-state index is -4.46. The van der Waals surface area contributed by atoms with Crippen molar-refractivity contribution in [2.45, 2.75) is 6.18 Å². The number of thiocarbonyl (C=S) groups is 1. The molecule has 1 heterocycles. The van der Waals surface area contributed by atoms with Crippen molar-refractivity contribution in [2.24, 2.45) is 0 Å². The number of hydrogen-bond donors (Lipinski definition) is 3. The Labute approximate surface area is 157 Å². The Bertz CT molecular complexity index is 1030. The lowest BCUT2D eigenvalue weighted by Crippen LogP contribution is -2.22. The van der Waals surface area contributed by atoms with Crippen LogP contribution in [0.3, 0.4) is 0 Å². The molecule has 0 aliphatic heterocycles. The maximum Gasteiger partial charge on any atom is 0.416 e. The second-order valence-corrected chi connectivity index (χ2v) is 5.98. The molecule has 0 radical (unpaired) electrons. The number of nitrogens with zero attached hydrogens (tertiary/aromatic N) is 1. The lowest BCUT2D eigenvalue weighted by Gasteiger charge is -2.15. The predicted molar refractivity (Wildman–Crippen MR) is 101 cm³/mol. The van der Waals surface area contributed by atoms with Crippen LogP contribution in [-0.4, -0.2) is 15.0 Å². The van der Waals surface area contributed by atoms with Gasteiger partial charge in [-0.05, 0) is 29.8 Å². The zero-order valence-electron chi connectivity index (χ0n) is 13.7. The highest BCUT2D eigenvalue weighted by Crippen LogP contribution is 2.32. The normalized spacial score (nSPS) is 11.2. The zero-order chi connectivity index (χ0) is 19.6. The van der Waals surface area contributed by atoms with Crippen LogP contribution in [0.2, 0.25) is 0 Å². The van der Waals surface area contributed by atoms with E-state index in [4.69, 9.17) is 18.0 Å². The Morgan fingerprint density at radius 3 is 2.30 bits per heavy atom. The molecule has 3 rings (SSSR count). The van der Waals surface area contributed by atoms with Crippen molar-refractivity contribution < 1.29 is 13.2 Å². The van der Waals surface area contributed by atoms with E-state index in [1.807, 2.05) is 6.07 Å². The number of H-pyrrole nitrogens is 1. The minimum absolute atomic E-state index is 0.123. The first-order chi connectivity index (χ1) is 12.8. The molecule has 3 aromatic rings. The van der Waals surface area contributed by atoms with Gasteiger partial charge < -0.3 is 16.0 Å². The van der Waals surface area contributed by atoms with Crippen LogP contribution >= 0.6 is 12.2 Å². The maximum atomic E-state index is 12.8. The number of aromatic nitrogens is 2. The molecule has 0 bridgehead atoms. The van der Waals surface area contributed by atoms with Crippen LogP contribution in [0.5, 0.6) is 0 Å². The summed E-state index contributed by atoms with van der Waals surface area (Å²) in [5.41, 5.74) is 5.77. The van der Waals surface area contributed by atoms with Crippen LogP contribution in [0.25, 0.3) is 11.3 Å². The van der Waals surface area contributed by atoms with Crippen molar-refractivity contribution in [3.05, 3.63) is 76.2 Å². The number of aromatic amines is 1. The number of hydrogen-bond acceptors (Lipinski definition) is 4. The van der Waals surface area contributed by atoms with E-state index in [9.17, 15) is 18.0 Å². The van der Waals surface area contributed by atoms with Crippen molar-refractivity contribution in [2.75, 3.05) is 11.1 Å². The van der Waals surface area contributed by atoms with Crippen LogP contribution in [0, 0.1) is 0 Å². The Morgan fingerprint density at radius 1 is 1.07 bits per heavy atom. The van der Waals surface area contributed by atoms with Crippen molar-refractivity contribution in [3.63, 3.8) is 0 Å². The summed E-state index contributed by atoms with van der Waals surface area (Å²) in [5, 5.41) is 2.97. The second kappa shape index (κ2) is 7.20. The molecule has 138 valence electrons. The monoisotopic (exact) mass is 390 g/mol. The lowest BCUT2D eigenvalue weighted by atomic mass is 10.0. The van der Waals surface area contributed by atoms with E-state index < -0.39 is 17.4 Å². The number of nitrogens with two attached hydrogens (primary N) is 1. The number of rotatable bonds is 3. The molecular weight excluding hydrogens is 377 g/mol. The summed E-state index contributed by atoms with van der Waals surface area (Å²) >= 11 is 5.37. The summed E-state index contributed by atoms with van der Waals surface area (Å²) in [6.45, 7) is 0. The first-order valence-electron chi connectivity index (χ1n) is 7.69. The Kier molecular flexibility index (Phi) is 4.95. The molecule has 0 aliphatic carbocycles. The highest BCUT2D eigenvalue weighted by atomic mass is 32.1. The van der Waals surface area contributed by atoms with E-state index in [-0.39, 0.29) is 22.1 Å². The van der Waals surface area contributed by atoms with Crippen LogP contribution < -0.4 is 16.7 Å². The van der Waals surface area contributed by atoms with Gasteiger partial charge in [-0.3, -0.25) is 0 Å². The average Bonchev–Trinajstić information content (AvgIpc) is 2.61. The third-order valence-electron chi connectivity index (χ3n) is 3.72. The molecule has 9 heteroatoms. The van der Waals surface area contributed by atoms with Crippen molar-refractivity contribution >= 4 is 28.7 Å². The molecular formula is C18H13F3N4OS. The number of para-hydroxylation sites is 1. The zero-order valence-corrected chi connectivity index (χ0v) is 14.5. The van der Waals surface area contributed by atoms with Gasteiger partial charge in [-0.25, -0.2) is 4.79 Å². The van der Waals surface area contributed by atoms with E-state index in [1.165, 1.54) is 12.1 Å². The summed E-state index contributed by atoms with van der Waals surface area (Å²) in [7, 11) is 0. The van der Waals surface area contributed by atoms with E-state index in [2.05, 4.69) is 15.3 Å². The molecule has 27 heavy (non-hydrogen) atoms. The van der Waals surface area contributed by atoms with Gasteiger partial charge in [0.15, 0.2) is 0 Å². The van der Waals surface area contributed by atoms with E-state index in [1.54, 1.807) is 24.3 Å². The molecule has 0 spiro atoms. The summed E-state index contributed by atoms with van der Waals surface area (Å²) in [6.07, 6.45) is -4.46. The quantitative estimate of drug-likeness (QED) is 0.592.